The maximum atomic E-state index is 5.50. The van der Waals surface area contributed by atoms with Gasteiger partial charge in [-0.1, -0.05) is 19.8 Å². The van der Waals surface area contributed by atoms with Gasteiger partial charge >= 0.3 is 0 Å². The minimum atomic E-state index is 0.891. The van der Waals surface area contributed by atoms with Crippen LogP contribution in [0.1, 0.15) is 39.0 Å². The van der Waals surface area contributed by atoms with Crippen molar-refractivity contribution >= 4 is 0 Å². The highest BCUT2D eigenvalue weighted by Crippen LogP contribution is 2.28. The average molecular weight is 185 g/mol. The van der Waals surface area contributed by atoms with E-state index in [1.807, 2.05) is 0 Å². The molecule has 0 atom stereocenters. The fraction of sp³-hybridized carbons (Fsp3) is 1.00. The molecule has 0 amide bonds. The fourth-order valence-electron chi connectivity index (χ4n) is 1.30. The first-order valence-electron chi connectivity index (χ1n) is 5.72. The lowest BCUT2D eigenvalue weighted by atomic mass is 10.2. The van der Waals surface area contributed by atoms with Crippen molar-refractivity contribution in [2.24, 2.45) is 5.92 Å². The third kappa shape index (κ3) is 7.03. The lowest BCUT2D eigenvalue weighted by Gasteiger charge is -2.04. The second-order valence-electron chi connectivity index (χ2n) is 3.98. The summed E-state index contributed by atoms with van der Waals surface area (Å²) in [6.45, 7) is 6.30. The Kier molecular flexibility index (Phi) is 6.21. The molecule has 1 fully saturated rings. The Balaban J connectivity index is 1.63. The molecule has 0 aliphatic heterocycles. The first-order chi connectivity index (χ1) is 6.43. The van der Waals surface area contributed by atoms with E-state index >= 15 is 0 Å². The molecule has 1 aliphatic rings. The summed E-state index contributed by atoms with van der Waals surface area (Å²) in [5.41, 5.74) is 0. The lowest BCUT2D eigenvalue weighted by molar-refractivity contribution is 0.126. The minimum Gasteiger partial charge on any atom is -0.380 e. The maximum Gasteiger partial charge on any atom is 0.0591 e. The molecular formula is C11H23NO. The summed E-state index contributed by atoms with van der Waals surface area (Å²) in [6, 6.07) is 0. The fourth-order valence-corrected chi connectivity index (χ4v) is 1.30. The normalized spacial score (nSPS) is 16.4. The molecule has 0 saturated heterocycles. The van der Waals surface area contributed by atoms with Gasteiger partial charge < -0.3 is 10.1 Å². The molecule has 0 spiro atoms. The minimum absolute atomic E-state index is 0.891. The van der Waals surface area contributed by atoms with Crippen molar-refractivity contribution in [3.63, 3.8) is 0 Å². The molecule has 0 heterocycles. The molecule has 1 aliphatic carbocycles. The molecule has 0 radical (unpaired) electrons. The van der Waals surface area contributed by atoms with Gasteiger partial charge in [-0.15, -0.1) is 0 Å². The van der Waals surface area contributed by atoms with Crippen LogP contribution in [0, 0.1) is 5.92 Å². The van der Waals surface area contributed by atoms with E-state index in [9.17, 15) is 0 Å². The SMILES string of the molecule is CCCCCNCCOCC1CC1. The smallest absolute Gasteiger partial charge is 0.0591 e. The predicted molar refractivity (Wildman–Crippen MR) is 55.9 cm³/mol. The number of nitrogens with one attached hydrogen (secondary N) is 1. The topological polar surface area (TPSA) is 21.3 Å². The van der Waals surface area contributed by atoms with E-state index in [1.165, 1.54) is 32.1 Å². The van der Waals surface area contributed by atoms with E-state index in [4.69, 9.17) is 4.74 Å². The lowest BCUT2D eigenvalue weighted by Crippen LogP contribution is -2.21. The number of hydrogen-bond acceptors (Lipinski definition) is 2. The molecule has 0 aromatic rings. The van der Waals surface area contributed by atoms with Crippen molar-refractivity contribution in [3.05, 3.63) is 0 Å². The second kappa shape index (κ2) is 7.34. The quantitative estimate of drug-likeness (QED) is 0.556. The van der Waals surface area contributed by atoms with E-state index in [2.05, 4.69) is 12.2 Å². The summed E-state index contributed by atoms with van der Waals surface area (Å²) in [5.74, 6) is 0.903. The van der Waals surface area contributed by atoms with Gasteiger partial charge in [-0.2, -0.15) is 0 Å². The van der Waals surface area contributed by atoms with Crippen LogP contribution in [0.4, 0.5) is 0 Å². The van der Waals surface area contributed by atoms with Crippen LogP contribution in [-0.2, 0) is 4.74 Å². The van der Waals surface area contributed by atoms with Gasteiger partial charge in [0.25, 0.3) is 0 Å². The zero-order chi connectivity index (χ0) is 9.36. The summed E-state index contributed by atoms with van der Waals surface area (Å²) in [6.07, 6.45) is 6.74. The van der Waals surface area contributed by atoms with Gasteiger partial charge in [0.2, 0.25) is 0 Å². The van der Waals surface area contributed by atoms with Crippen molar-refractivity contribution in [3.8, 4) is 0 Å². The first kappa shape index (κ1) is 11.0. The van der Waals surface area contributed by atoms with Gasteiger partial charge in [-0.25, -0.2) is 0 Å². The van der Waals surface area contributed by atoms with E-state index < -0.39 is 0 Å². The number of hydrogen-bond donors (Lipinski definition) is 1. The van der Waals surface area contributed by atoms with Gasteiger partial charge in [0.15, 0.2) is 0 Å². The van der Waals surface area contributed by atoms with Gasteiger partial charge in [-0.05, 0) is 31.7 Å². The molecule has 0 unspecified atom stereocenters. The van der Waals surface area contributed by atoms with Crippen molar-refractivity contribution < 1.29 is 4.74 Å². The zero-order valence-corrected chi connectivity index (χ0v) is 8.85. The predicted octanol–water partition coefficient (Wildman–Crippen LogP) is 2.19. The second-order valence-corrected chi connectivity index (χ2v) is 3.98. The Hall–Kier alpha value is -0.0800. The van der Waals surface area contributed by atoms with Crippen LogP contribution in [0.2, 0.25) is 0 Å². The largest absolute Gasteiger partial charge is 0.380 e. The molecule has 0 bridgehead atoms. The number of ether oxygens (including phenoxy) is 1. The van der Waals surface area contributed by atoms with Gasteiger partial charge in [-0.3, -0.25) is 0 Å². The van der Waals surface area contributed by atoms with Crippen LogP contribution >= 0.6 is 0 Å². The maximum absolute atomic E-state index is 5.50. The molecule has 78 valence electrons. The third-order valence-corrected chi connectivity index (χ3v) is 2.43. The van der Waals surface area contributed by atoms with Crippen molar-refractivity contribution in [1.82, 2.24) is 5.32 Å². The van der Waals surface area contributed by atoms with E-state index in [1.54, 1.807) is 0 Å². The van der Waals surface area contributed by atoms with Crippen LogP contribution in [0.25, 0.3) is 0 Å². The van der Waals surface area contributed by atoms with Crippen molar-refractivity contribution in [1.29, 1.82) is 0 Å². The molecule has 1 N–H and O–H groups in total. The standard InChI is InChI=1S/C11H23NO/c1-2-3-4-7-12-8-9-13-10-11-5-6-11/h11-12H,2-10H2,1H3. The Labute approximate surface area is 82.0 Å². The Morgan fingerprint density at radius 1 is 1.23 bits per heavy atom. The molecule has 1 rings (SSSR count). The summed E-state index contributed by atoms with van der Waals surface area (Å²) >= 11 is 0. The molecule has 0 aromatic heterocycles. The first-order valence-corrected chi connectivity index (χ1v) is 5.72. The monoisotopic (exact) mass is 185 g/mol. The van der Waals surface area contributed by atoms with Gasteiger partial charge in [0, 0.05) is 13.2 Å². The summed E-state index contributed by atoms with van der Waals surface area (Å²) in [5, 5.41) is 3.39. The van der Waals surface area contributed by atoms with Crippen LogP contribution in [0.3, 0.4) is 0 Å². The van der Waals surface area contributed by atoms with Gasteiger partial charge in [0.05, 0.1) is 6.61 Å². The molecular weight excluding hydrogens is 162 g/mol. The molecule has 2 nitrogen and oxygen atoms in total. The van der Waals surface area contributed by atoms with Crippen molar-refractivity contribution in [2.75, 3.05) is 26.3 Å². The Morgan fingerprint density at radius 3 is 2.77 bits per heavy atom. The highest BCUT2D eigenvalue weighted by atomic mass is 16.5. The molecule has 2 heteroatoms. The zero-order valence-electron chi connectivity index (χ0n) is 8.85. The van der Waals surface area contributed by atoms with Crippen LogP contribution < -0.4 is 5.32 Å². The average Bonchev–Trinajstić information content (AvgIpc) is 2.93. The highest BCUT2D eigenvalue weighted by Gasteiger charge is 2.20. The Morgan fingerprint density at radius 2 is 2.08 bits per heavy atom. The van der Waals surface area contributed by atoms with Crippen LogP contribution in [-0.4, -0.2) is 26.3 Å². The third-order valence-electron chi connectivity index (χ3n) is 2.43. The molecule has 13 heavy (non-hydrogen) atoms. The highest BCUT2D eigenvalue weighted by molar-refractivity contribution is 4.71. The van der Waals surface area contributed by atoms with E-state index in [0.717, 1.165) is 32.2 Å². The van der Waals surface area contributed by atoms with Gasteiger partial charge in [0.1, 0.15) is 0 Å². The summed E-state index contributed by atoms with van der Waals surface area (Å²) in [7, 11) is 0. The van der Waals surface area contributed by atoms with Crippen LogP contribution in [0.5, 0.6) is 0 Å². The molecule has 1 saturated carbocycles. The van der Waals surface area contributed by atoms with Crippen molar-refractivity contribution in [2.45, 2.75) is 39.0 Å². The summed E-state index contributed by atoms with van der Waals surface area (Å²) in [4.78, 5) is 0. The Bertz CT molecular complexity index is 113. The van der Waals surface area contributed by atoms with E-state index in [0.29, 0.717) is 0 Å². The molecule has 0 aromatic carbocycles. The summed E-state index contributed by atoms with van der Waals surface area (Å²) < 4.78 is 5.50. The number of unbranched alkanes of at least 4 members (excludes halogenated alkanes) is 2. The van der Waals surface area contributed by atoms with E-state index in [-0.39, 0.29) is 0 Å². The van der Waals surface area contributed by atoms with Crippen LogP contribution in [0.15, 0.2) is 0 Å². The number of rotatable bonds is 9.